The number of carbonyl (C=O) groups is 1. The number of urea groups is 1. The Morgan fingerprint density at radius 1 is 1.19 bits per heavy atom. The minimum atomic E-state index is -0.417. The van der Waals surface area contributed by atoms with Crippen molar-refractivity contribution in [2.45, 2.75) is 12.5 Å². The molecule has 2 amide bonds. The molecule has 1 atom stereocenters. The van der Waals surface area contributed by atoms with Crippen molar-refractivity contribution < 1.29 is 18.7 Å². The van der Waals surface area contributed by atoms with Crippen molar-refractivity contribution in [1.82, 2.24) is 10.3 Å². The van der Waals surface area contributed by atoms with Crippen molar-refractivity contribution >= 4 is 17.5 Å². The Hall–Kier alpha value is -2.87. The number of hydrogen-bond donors (Lipinski definition) is 2. The van der Waals surface area contributed by atoms with E-state index >= 15 is 0 Å². The van der Waals surface area contributed by atoms with Crippen molar-refractivity contribution in [2.24, 2.45) is 0 Å². The van der Waals surface area contributed by atoms with Gasteiger partial charge in [-0.15, -0.1) is 0 Å². The van der Waals surface area contributed by atoms with Crippen LogP contribution in [-0.4, -0.2) is 43.9 Å². The molecule has 0 radical (unpaired) electrons. The molecule has 4 rings (SSSR count). The second-order valence-corrected chi connectivity index (χ2v) is 6.45. The van der Waals surface area contributed by atoms with Crippen LogP contribution in [0.4, 0.5) is 20.7 Å². The summed E-state index contributed by atoms with van der Waals surface area (Å²) in [4.78, 5) is 18.8. The Kier molecular flexibility index (Phi) is 5.06. The van der Waals surface area contributed by atoms with Crippen LogP contribution in [-0.2, 0) is 4.74 Å². The molecule has 1 aromatic heterocycles. The third-order valence-electron chi connectivity index (χ3n) is 4.70. The van der Waals surface area contributed by atoms with E-state index in [1.807, 2.05) is 6.07 Å². The highest BCUT2D eigenvalue weighted by Gasteiger charge is 2.25. The molecule has 2 aromatic rings. The summed E-state index contributed by atoms with van der Waals surface area (Å²) >= 11 is 0. The van der Waals surface area contributed by atoms with E-state index in [-0.39, 0.29) is 17.8 Å². The molecule has 8 heteroatoms. The highest BCUT2D eigenvalue weighted by molar-refractivity contribution is 5.88. The van der Waals surface area contributed by atoms with Crippen LogP contribution in [0.3, 0.4) is 0 Å². The normalized spacial score (nSPS) is 19.0. The van der Waals surface area contributed by atoms with Gasteiger partial charge in [-0.05, 0) is 18.2 Å². The maximum atomic E-state index is 13.8. The van der Waals surface area contributed by atoms with Crippen LogP contribution in [0.1, 0.15) is 18.0 Å². The Labute approximate surface area is 156 Å². The number of halogens is 1. The number of nitrogens with one attached hydrogen (secondary N) is 2. The molecule has 1 aromatic carbocycles. The number of anilines is 2. The number of aromatic nitrogens is 1. The molecule has 0 bridgehead atoms. The lowest BCUT2D eigenvalue weighted by Crippen LogP contribution is -2.36. The van der Waals surface area contributed by atoms with Crippen molar-refractivity contribution in [3.8, 4) is 5.75 Å². The molecule has 0 unspecified atom stereocenters. The molecule has 2 aliphatic heterocycles. The fourth-order valence-corrected chi connectivity index (χ4v) is 3.32. The van der Waals surface area contributed by atoms with Crippen molar-refractivity contribution in [3.63, 3.8) is 0 Å². The lowest BCUT2D eigenvalue weighted by Gasteiger charge is -2.28. The summed E-state index contributed by atoms with van der Waals surface area (Å²) in [7, 11) is 0. The van der Waals surface area contributed by atoms with Crippen LogP contribution in [0.2, 0.25) is 0 Å². The first-order valence-electron chi connectivity index (χ1n) is 8.98. The minimum absolute atomic E-state index is 0.210. The van der Waals surface area contributed by atoms with Crippen molar-refractivity contribution in [2.75, 3.05) is 43.1 Å². The standard InChI is InChI=1S/C19H21FN4O3/c20-15-3-1-2-14-16(6-9-27-18(14)15)22-19(25)23-17-5-4-13(12-21-17)24-7-10-26-11-8-24/h1-5,12,16H,6-11H2,(H2,21,22,23,25)/t16-/m0/s1. The Morgan fingerprint density at radius 3 is 2.81 bits per heavy atom. The Bertz CT molecular complexity index is 809. The van der Waals surface area contributed by atoms with Crippen molar-refractivity contribution in [1.29, 1.82) is 0 Å². The van der Waals surface area contributed by atoms with Crippen molar-refractivity contribution in [3.05, 3.63) is 47.9 Å². The zero-order valence-corrected chi connectivity index (χ0v) is 14.8. The summed E-state index contributed by atoms with van der Waals surface area (Å²) in [5.41, 5.74) is 1.64. The first-order valence-corrected chi connectivity index (χ1v) is 8.98. The highest BCUT2D eigenvalue weighted by Crippen LogP contribution is 2.34. The number of carbonyl (C=O) groups excluding carboxylic acids is 1. The lowest BCUT2D eigenvalue weighted by atomic mass is 10.0. The summed E-state index contributed by atoms with van der Waals surface area (Å²) < 4.78 is 24.6. The van der Waals surface area contributed by atoms with Gasteiger partial charge < -0.3 is 19.7 Å². The van der Waals surface area contributed by atoms with Crippen LogP contribution in [0, 0.1) is 5.82 Å². The van der Waals surface area contributed by atoms with Gasteiger partial charge in [0.05, 0.1) is 37.7 Å². The first kappa shape index (κ1) is 17.5. The summed E-state index contributed by atoms with van der Waals surface area (Å²) in [6, 6.07) is 7.72. The van der Waals surface area contributed by atoms with Gasteiger partial charge in [-0.2, -0.15) is 0 Å². The lowest BCUT2D eigenvalue weighted by molar-refractivity contribution is 0.122. The smallest absolute Gasteiger partial charge is 0.320 e. The van der Waals surface area contributed by atoms with Gasteiger partial charge in [0.1, 0.15) is 5.82 Å². The number of ether oxygens (including phenoxy) is 2. The summed E-state index contributed by atoms with van der Waals surface area (Å²) in [6.45, 7) is 3.42. The molecule has 27 heavy (non-hydrogen) atoms. The highest BCUT2D eigenvalue weighted by atomic mass is 19.1. The van der Waals surface area contributed by atoms with E-state index in [0.29, 0.717) is 37.6 Å². The predicted octanol–water partition coefficient (Wildman–Crippen LogP) is 2.70. The van der Waals surface area contributed by atoms with Gasteiger partial charge in [0.2, 0.25) is 0 Å². The molecular formula is C19H21FN4O3. The average Bonchev–Trinajstić information content (AvgIpc) is 2.70. The maximum absolute atomic E-state index is 13.8. The van der Waals surface area contributed by atoms with E-state index in [9.17, 15) is 9.18 Å². The quantitative estimate of drug-likeness (QED) is 0.867. The SMILES string of the molecule is O=C(Nc1ccc(N2CCOCC2)cn1)N[C@H]1CCOc2c(F)cccc21. The number of benzene rings is 1. The minimum Gasteiger partial charge on any atom is -0.490 e. The number of fused-ring (bicyclic) bond motifs is 1. The van der Waals surface area contributed by atoms with Crippen LogP contribution >= 0.6 is 0 Å². The zero-order chi connectivity index (χ0) is 18.6. The molecular weight excluding hydrogens is 351 g/mol. The third kappa shape index (κ3) is 3.95. The van der Waals surface area contributed by atoms with Crippen LogP contribution in [0.15, 0.2) is 36.5 Å². The van der Waals surface area contributed by atoms with E-state index < -0.39 is 5.82 Å². The zero-order valence-electron chi connectivity index (χ0n) is 14.8. The number of hydrogen-bond acceptors (Lipinski definition) is 5. The maximum Gasteiger partial charge on any atom is 0.320 e. The fraction of sp³-hybridized carbons (Fsp3) is 0.368. The molecule has 7 nitrogen and oxygen atoms in total. The molecule has 0 spiro atoms. The molecule has 0 saturated carbocycles. The topological polar surface area (TPSA) is 75.7 Å². The summed E-state index contributed by atoms with van der Waals surface area (Å²) in [5.74, 6) is 0.248. The number of morpholine rings is 1. The second-order valence-electron chi connectivity index (χ2n) is 6.45. The monoisotopic (exact) mass is 372 g/mol. The van der Waals surface area contributed by atoms with Gasteiger partial charge >= 0.3 is 6.03 Å². The number of amides is 2. The van der Waals surface area contributed by atoms with Crippen LogP contribution < -0.4 is 20.3 Å². The summed E-state index contributed by atoms with van der Waals surface area (Å²) in [6.07, 6.45) is 2.31. The van der Waals surface area contributed by atoms with E-state index in [1.165, 1.54) is 6.07 Å². The second kappa shape index (κ2) is 7.79. The van der Waals surface area contributed by atoms with Gasteiger partial charge in [0.25, 0.3) is 0 Å². The number of pyridine rings is 1. The first-order chi connectivity index (χ1) is 13.2. The van der Waals surface area contributed by atoms with Crippen LogP contribution in [0.5, 0.6) is 5.75 Å². The van der Waals surface area contributed by atoms with E-state index in [4.69, 9.17) is 9.47 Å². The van der Waals surface area contributed by atoms with Gasteiger partial charge in [-0.3, -0.25) is 5.32 Å². The molecule has 2 aliphatic rings. The third-order valence-corrected chi connectivity index (χ3v) is 4.70. The number of rotatable bonds is 3. The largest absolute Gasteiger partial charge is 0.490 e. The van der Waals surface area contributed by atoms with Gasteiger partial charge in [-0.1, -0.05) is 12.1 Å². The molecule has 1 saturated heterocycles. The molecule has 3 heterocycles. The van der Waals surface area contributed by atoms with E-state index in [1.54, 1.807) is 24.4 Å². The van der Waals surface area contributed by atoms with Crippen LogP contribution in [0.25, 0.3) is 0 Å². The van der Waals surface area contributed by atoms with Gasteiger partial charge in [-0.25, -0.2) is 14.2 Å². The van der Waals surface area contributed by atoms with Gasteiger partial charge in [0.15, 0.2) is 11.6 Å². The van der Waals surface area contributed by atoms with E-state index in [0.717, 1.165) is 18.8 Å². The number of para-hydroxylation sites is 1. The fourth-order valence-electron chi connectivity index (χ4n) is 3.32. The number of nitrogens with zero attached hydrogens (tertiary/aromatic N) is 2. The molecule has 1 fully saturated rings. The Morgan fingerprint density at radius 2 is 2.04 bits per heavy atom. The molecule has 2 N–H and O–H groups in total. The van der Waals surface area contributed by atoms with E-state index in [2.05, 4.69) is 20.5 Å². The van der Waals surface area contributed by atoms with Gasteiger partial charge in [0, 0.05) is 25.1 Å². The molecule has 142 valence electrons. The summed E-state index contributed by atoms with van der Waals surface area (Å²) in [5, 5.41) is 5.59. The average molecular weight is 372 g/mol. The Balaban J connectivity index is 1.38. The molecule has 0 aliphatic carbocycles. The predicted molar refractivity (Wildman–Crippen MR) is 98.7 cm³/mol.